The first-order chi connectivity index (χ1) is 19.7. The van der Waals surface area contributed by atoms with Gasteiger partial charge in [-0.3, -0.25) is 18.7 Å². The van der Waals surface area contributed by atoms with E-state index in [4.69, 9.17) is 4.74 Å². The van der Waals surface area contributed by atoms with Gasteiger partial charge in [-0.15, -0.1) is 0 Å². The van der Waals surface area contributed by atoms with E-state index in [0.717, 1.165) is 18.4 Å². The maximum absolute atomic E-state index is 13.5. The van der Waals surface area contributed by atoms with Gasteiger partial charge < -0.3 is 14.6 Å². The van der Waals surface area contributed by atoms with Crippen LogP contribution in [0.25, 0.3) is 10.2 Å². The van der Waals surface area contributed by atoms with E-state index in [1.165, 1.54) is 46.8 Å². The molecule has 10 nitrogen and oxygen atoms in total. The van der Waals surface area contributed by atoms with Crippen LogP contribution in [0, 0.1) is 0 Å². The van der Waals surface area contributed by atoms with Gasteiger partial charge in [-0.1, -0.05) is 29.5 Å². The minimum absolute atomic E-state index is 0.0792. The topological polar surface area (TPSA) is 127 Å². The summed E-state index contributed by atoms with van der Waals surface area (Å²) >= 11 is 1.18. The number of hydrogen-bond donors (Lipinski definition) is 1. The lowest BCUT2D eigenvalue weighted by atomic mass is 10.0. The van der Waals surface area contributed by atoms with Crippen molar-refractivity contribution in [1.29, 1.82) is 0 Å². The van der Waals surface area contributed by atoms with Crippen LogP contribution >= 0.6 is 11.3 Å². The van der Waals surface area contributed by atoms with E-state index in [9.17, 15) is 22.8 Å². The van der Waals surface area contributed by atoms with Gasteiger partial charge in [-0.25, -0.2) is 8.42 Å². The lowest BCUT2D eigenvalue weighted by Gasteiger charge is -2.30. The number of carbonyl (C=O) groups is 3. The van der Waals surface area contributed by atoms with Gasteiger partial charge in [0.2, 0.25) is 5.91 Å². The predicted octanol–water partition coefficient (Wildman–Crippen LogP) is 4.11. The first-order valence-corrected chi connectivity index (χ1v) is 15.3. The van der Waals surface area contributed by atoms with Gasteiger partial charge in [0.15, 0.2) is 4.80 Å². The molecule has 0 unspecified atom stereocenters. The van der Waals surface area contributed by atoms with Gasteiger partial charge in [-0.05, 0) is 73.9 Å². The summed E-state index contributed by atoms with van der Waals surface area (Å²) in [5, 5.41) is 2.72. The lowest BCUT2D eigenvalue weighted by Crippen LogP contribution is -2.35. The number of rotatable bonds is 7. The number of esters is 1. The van der Waals surface area contributed by atoms with Crippen molar-refractivity contribution < 1.29 is 27.5 Å². The van der Waals surface area contributed by atoms with Crippen molar-refractivity contribution in [3.63, 3.8) is 0 Å². The van der Waals surface area contributed by atoms with Crippen LogP contribution < -0.4 is 14.4 Å². The number of para-hydroxylation sites is 1. The highest BCUT2D eigenvalue weighted by Gasteiger charge is 2.29. The second-order valence-electron chi connectivity index (χ2n) is 9.39. The summed E-state index contributed by atoms with van der Waals surface area (Å²) in [5.41, 5.74) is 3.07. The predicted molar refractivity (Wildman–Crippen MR) is 156 cm³/mol. The molecular weight excluding hydrogens is 564 g/mol. The number of anilines is 2. The Morgan fingerprint density at radius 1 is 1.05 bits per heavy atom. The quantitative estimate of drug-likeness (QED) is 0.322. The second-order valence-corrected chi connectivity index (χ2v) is 12.3. The standard InChI is InChI=1S/C29H28N4O6S2/c1-3-39-27(35)18-32-25-15-12-22(30-19(2)34)17-26(25)40-29(32)31-28(36)21-10-13-23(14-11-21)41(37,38)33-16-6-8-20-7-4-5-9-24(20)33/h4-5,7,9-15,17H,3,6,8,16,18H2,1-2H3,(H,30,34). The van der Waals surface area contributed by atoms with Crippen molar-refractivity contribution in [3.8, 4) is 0 Å². The highest BCUT2D eigenvalue weighted by Crippen LogP contribution is 2.32. The molecule has 0 saturated carbocycles. The third kappa shape index (κ3) is 5.93. The van der Waals surface area contributed by atoms with Crippen molar-refractivity contribution in [2.24, 2.45) is 4.99 Å². The number of sulfonamides is 1. The molecule has 0 spiro atoms. The van der Waals surface area contributed by atoms with Crippen LogP contribution in [-0.4, -0.2) is 43.9 Å². The molecule has 0 radical (unpaired) electrons. The monoisotopic (exact) mass is 592 g/mol. The summed E-state index contributed by atoms with van der Waals surface area (Å²) in [7, 11) is -3.82. The van der Waals surface area contributed by atoms with E-state index >= 15 is 0 Å². The van der Waals surface area contributed by atoms with Crippen LogP contribution in [-0.2, 0) is 37.3 Å². The Bertz CT molecular complexity index is 1820. The summed E-state index contributed by atoms with van der Waals surface area (Å²) < 4.78 is 35.7. The third-order valence-corrected chi connectivity index (χ3v) is 9.42. The van der Waals surface area contributed by atoms with E-state index < -0.39 is 21.9 Å². The SMILES string of the molecule is CCOC(=O)Cn1c(=NC(=O)c2ccc(S(=O)(=O)N3CCCc4ccccc43)cc2)sc2cc(NC(C)=O)ccc21. The molecule has 212 valence electrons. The van der Waals surface area contributed by atoms with Gasteiger partial charge in [-0.2, -0.15) is 4.99 Å². The fourth-order valence-electron chi connectivity index (χ4n) is 4.72. The number of carbonyl (C=O) groups excluding carboxylic acids is 3. The Balaban J connectivity index is 1.47. The smallest absolute Gasteiger partial charge is 0.326 e. The van der Waals surface area contributed by atoms with Crippen molar-refractivity contribution in [3.05, 3.63) is 82.7 Å². The zero-order valence-electron chi connectivity index (χ0n) is 22.5. The van der Waals surface area contributed by atoms with E-state index in [2.05, 4.69) is 10.3 Å². The van der Waals surface area contributed by atoms with Gasteiger partial charge in [0, 0.05) is 24.7 Å². The number of nitrogens with one attached hydrogen (secondary N) is 1. The molecule has 0 bridgehead atoms. The highest BCUT2D eigenvalue weighted by atomic mass is 32.2. The summed E-state index contributed by atoms with van der Waals surface area (Å²) in [6.07, 6.45) is 1.54. The molecule has 1 aliphatic heterocycles. The Labute approximate surface area is 241 Å². The minimum Gasteiger partial charge on any atom is -0.465 e. The molecule has 12 heteroatoms. The molecule has 41 heavy (non-hydrogen) atoms. The van der Waals surface area contributed by atoms with Crippen LogP contribution in [0.3, 0.4) is 0 Å². The van der Waals surface area contributed by atoms with Crippen molar-refractivity contribution in [2.45, 2.75) is 38.1 Å². The molecule has 1 N–H and O–H groups in total. The molecule has 0 saturated heterocycles. The van der Waals surface area contributed by atoms with Crippen LogP contribution in [0.15, 0.2) is 76.6 Å². The second kappa shape index (κ2) is 11.7. The largest absolute Gasteiger partial charge is 0.465 e. The first-order valence-electron chi connectivity index (χ1n) is 13.0. The maximum Gasteiger partial charge on any atom is 0.326 e. The normalized spacial score (nSPS) is 13.6. The first kappa shape index (κ1) is 28.2. The maximum atomic E-state index is 13.5. The van der Waals surface area contributed by atoms with Crippen molar-refractivity contribution in [1.82, 2.24) is 4.57 Å². The molecule has 3 aromatic carbocycles. The van der Waals surface area contributed by atoms with E-state index in [0.29, 0.717) is 28.1 Å². The van der Waals surface area contributed by atoms with Crippen LogP contribution in [0.1, 0.15) is 36.2 Å². The average Bonchev–Trinajstić information content (AvgIpc) is 3.28. The van der Waals surface area contributed by atoms with Gasteiger partial charge >= 0.3 is 5.97 Å². The molecule has 1 aromatic heterocycles. The fraction of sp³-hybridized carbons (Fsp3) is 0.241. The minimum atomic E-state index is -3.82. The number of aryl methyl sites for hydroxylation is 1. The Morgan fingerprint density at radius 2 is 1.80 bits per heavy atom. The molecule has 0 atom stereocenters. The van der Waals surface area contributed by atoms with Crippen molar-refractivity contribution >= 4 is 60.7 Å². The molecule has 0 aliphatic carbocycles. The van der Waals surface area contributed by atoms with Crippen LogP contribution in [0.4, 0.5) is 11.4 Å². The number of ether oxygens (including phenoxy) is 1. The summed E-state index contributed by atoms with van der Waals surface area (Å²) in [5.74, 6) is -1.31. The summed E-state index contributed by atoms with van der Waals surface area (Å²) in [6.45, 7) is 3.54. The molecule has 0 fully saturated rings. The number of thiazole rings is 1. The molecule has 4 aromatic rings. The number of benzene rings is 3. The molecular formula is C29H28N4O6S2. The third-order valence-electron chi connectivity index (χ3n) is 6.55. The molecule has 1 aliphatic rings. The summed E-state index contributed by atoms with van der Waals surface area (Å²) in [4.78, 5) is 41.6. The van der Waals surface area contributed by atoms with Gasteiger partial charge in [0.05, 0.1) is 27.4 Å². The van der Waals surface area contributed by atoms with E-state index in [1.807, 2.05) is 18.2 Å². The lowest BCUT2D eigenvalue weighted by molar-refractivity contribution is -0.143. The van der Waals surface area contributed by atoms with Crippen molar-refractivity contribution in [2.75, 3.05) is 22.8 Å². The average molecular weight is 593 g/mol. The number of nitrogens with zero attached hydrogens (tertiary/aromatic N) is 3. The fourth-order valence-corrected chi connectivity index (χ4v) is 7.33. The Kier molecular flexibility index (Phi) is 8.04. The number of hydrogen-bond acceptors (Lipinski definition) is 7. The molecule has 2 heterocycles. The van der Waals surface area contributed by atoms with Crippen LogP contribution in [0.5, 0.6) is 0 Å². The van der Waals surface area contributed by atoms with Gasteiger partial charge in [0.1, 0.15) is 6.54 Å². The number of amides is 2. The molecule has 5 rings (SSSR count). The number of fused-ring (bicyclic) bond motifs is 2. The summed E-state index contributed by atoms with van der Waals surface area (Å²) in [6, 6.07) is 18.3. The highest BCUT2D eigenvalue weighted by molar-refractivity contribution is 7.92. The Hall–Kier alpha value is -4.29. The molecule has 2 amide bonds. The Morgan fingerprint density at radius 3 is 2.54 bits per heavy atom. The number of aromatic nitrogens is 1. The zero-order valence-corrected chi connectivity index (χ0v) is 24.1. The van der Waals surface area contributed by atoms with Crippen LogP contribution in [0.2, 0.25) is 0 Å². The van der Waals surface area contributed by atoms with Gasteiger partial charge in [0.25, 0.3) is 15.9 Å². The van der Waals surface area contributed by atoms with E-state index in [-0.39, 0.29) is 34.3 Å². The zero-order chi connectivity index (χ0) is 29.1. The van der Waals surface area contributed by atoms with E-state index in [1.54, 1.807) is 35.8 Å².